The molecule has 0 heterocycles. The highest BCUT2D eigenvalue weighted by atomic mass is 79.9. The second-order valence-electron chi connectivity index (χ2n) is 4.49. The van der Waals surface area contributed by atoms with Gasteiger partial charge in [-0.1, -0.05) is 74.3 Å². The zero-order chi connectivity index (χ0) is 14.4. The molecule has 20 heavy (non-hydrogen) atoms. The molecule has 0 saturated carbocycles. The molecule has 2 nitrogen and oxygen atoms in total. The lowest BCUT2D eigenvalue weighted by Gasteiger charge is -2.11. The number of nitrogens with one attached hydrogen (secondary N) is 1. The van der Waals surface area contributed by atoms with Gasteiger partial charge in [0.15, 0.2) is 0 Å². The molecule has 0 bridgehead atoms. The van der Waals surface area contributed by atoms with E-state index >= 15 is 0 Å². The summed E-state index contributed by atoms with van der Waals surface area (Å²) in [4.78, 5) is 12.0. The number of hydrogen-bond acceptors (Lipinski definition) is 1. The second kappa shape index (κ2) is 7.60. The molecule has 0 aliphatic heterocycles. The molecule has 0 aromatic heterocycles. The predicted molar refractivity (Wildman–Crippen MR) is 89.0 cm³/mol. The highest BCUT2D eigenvalue weighted by molar-refractivity contribution is 9.10. The summed E-state index contributed by atoms with van der Waals surface area (Å²) in [6, 6.07) is 17.8. The Kier molecular flexibility index (Phi) is 5.80. The number of carbonyl (C=O) groups is 1. The van der Waals surface area contributed by atoms with Crippen LogP contribution in [0.1, 0.15) is 16.0 Å². The second-order valence-corrected chi connectivity index (χ2v) is 6.51. The fourth-order valence-corrected chi connectivity index (χ4v) is 2.79. The molecule has 0 spiro atoms. The van der Waals surface area contributed by atoms with Crippen LogP contribution in [0.5, 0.6) is 0 Å². The summed E-state index contributed by atoms with van der Waals surface area (Å²) >= 11 is 6.99. The highest BCUT2D eigenvalue weighted by Crippen LogP contribution is 2.21. The summed E-state index contributed by atoms with van der Waals surface area (Å²) in [7, 11) is 0. The Morgan fingerprint density at radius 1 is 1.10 bits per heavy atom. The van der Waals surface area contributed by atoms with Crippen molar-refractivity contribution in [3.05, 3.63) is 70.2 Å². The fourth-order valence-electron chi connectivity index (χ4n) is 1.88. The Morgan fingerprint density at radius 2 is 1.85 bits per heavy atom. The standard InChI is InChI=1S/C16H15Br2NO/c17-14-8-4-5-12(9-14)10-16(20)19-11-15(18)13-6-2-1-3-7-13/h1-9,15H,10-11H2,(H,19,20). The lowest BCUT2D eigenvalue weighted by Crippen LogP contribution is -2.28. The SMILES string of the molecule is O=C(Cc1cccc(Br)c1)NCC(Br)c1ccccc1. The molecular formula is C16H15Br2NO. The van der Waals surface area contributed by atoms with Crippen LogP contribution in [-0.2, 0) is 11.2 Å². The van der Waals surface area contributed by atoms with Gasteiger partial charge in [0, 0.05) is 11.0 Å². The third-order valence-electron chi connectivity index (χ3n) is 2.89. The third-order valence-corrected chi connectivity index (χ3v) is 4.24. The molecule has 2 rings (SSSR count). The number of alkyl halides is 1. The monoisotopic (exact) mass is 395 g/mol. The van der Waals surface area contributed by atoms with Crippen LogP contribution >= 0.6 is 31.9 Å². The molecule has 0 aliphatic carbocycles. The largest absolute Gasteiger partial charge is 0.354 e. The van der Waals surface area contributed by atoms with Crippen LogP contribution in [-0.4, -0.2) is 12.5 Å². The molecule has 2 aromatic carbocycles. The van der Waals surface area contributed by atoms with Crippen molar-refractivity contribution in [3.8, 4) is 0 Å². The highest BCUT2D eigenvalue weighted by Gasteiger charge is 2.09. The van der Waals surface area contributed by atoms with E-state index in [2.05, 4.69) is 37.2 Å². The van der Waals surface area contributed by atoms with Crippen LogP contribution in [0, 0.1) is 0 Å². The molecule has 1 atom stereocenters. The molecule has 0 radical (unpaired) electrons. The molecule has 0 aliphatic rings. The Hall–Kier alpha value is -1.13. The normalized spacial score (nSPS) is 11.9. The van der Waals surface area contributed by atoms with Crippen molar-refractivity contribution < 1.29 is 4.79 Å². The summed E-state index contributed by atoms with van der Waals surface area (Å²) in [5, 5.41) is 2.95. The van der Waals surface area contributed by atoms with E-state index in [1.807, 2.05) is 54.6 Å². The maximum absolute atomic E-state index is 11.9. The van der Waals surface area contributed by atoms with Crippen LogP contribution in [0.3, 0.4) is 0 Å². The van der Waals surface area contributed by atoms with E-state index in [1.54, 1.807) is 0 Å². The van der Waals surface area contributed by atoms with Crippen LogP contribution in [0.4, 0.5) is 0 Å². The first-order chi connectivity index (χ1) is 9.65. The number of carbonyl (C=O) groups excluding carboxylic acids is 1. The first-order valence-corrected chi connectivity index (χ1v) is 8.06. The van der Waals surface area contributed by atoms with Crippen LogP contribution in [0.25, 0.3) is 0 Å². The van der Waals surface area contributed by atoms with E-state index in [0.29, 0.717) is 13.0 Å². The number of benzene rings is 2. The molecule has 0 saturated heterocycles. The Bertz CT molecular complexity index is 572. The van der Waals surface area contributed by atoms with Crippen molar-refractivity contribution in [2.45, 2.75) is 11.2 Å². The molecule has 2 aromatic rings. The van der Waals surface area contributed by atoms with Crippen molar-refractivity contribution in [2.75, 3.05) is 6.54 Å². The minimum atomic E-state index is 0.0310. The smallest absolute Gasteiger partial charge is 0.224 e. The van der Waals surface area contributed by atoms with Gasteiger partial charge in [0.05, 0.1) is 11.2 Å². The van der Waals surface area contributed by atoms with E-state index in [1.165, 1.54) is 0 Å². The first-order valence-electron chi connectivity index (χ1n) is 6.35. The zero-order valence-corrected chi connectivity index (χ0v) is 14.0. The van der Waals surface area contributed by atoms with Gasteiger partial charge < -0.3 is 5.32 Å². The molecule has 104 valence electrons. The first kappa shape index (κ1) is 15.3. The van der Waals surface area contributed by atoms with Crippen LogP contribution in [0.2, 0.25) is 0 Å². The van der Waals surface area contributed by atoms with Crippen LogP contribution < -0.4 is 5.32 Å². The third kappa shape index (κ3) is 4.76. The molecule has 1 unspecified atom stereocenters. The van der Waals surface area contributed by atoms with Gasteiger partial charge in [-0.25, -0.2) is 0 Å². The maximum Gasteiger partial charge on any atom is 0.224 e. The van der Waals surface area contributed by atoms with Gasteiger partial charge in [-0.15, -0.1) is 0 Å². The maximum atomic E-state index is 11.9. The summed E-state index contributed by atoms with van der Waals surface area (Å²) in [6.45, 7) is 0.580. The minimum absolute atomic E-state index is 0.0310. The summed E-state index contributed by atoms with van der Waals surface area (Å²) in [5.41, 5.74) is 2.16. The van der Waals surface area contributed by atoms with Crippen LogP contribution in [0.15, 0.2) is 59.1 Å². The number of amides is 1. The number of hydrogen-bond donors (Lipinski definition) is 1. The Labute approximate surface area is 135 Å². The minimum Gasteiger partial charge on any atom is -0.354 e. The topological polar surface area (TPSA) is 29.1 Å². The Morgan fingerprint density at radius 3 is 2.55 bits per heavy atom. The molecule has 4 heteroatoms. The predicted octanol–water partition coefficient (Wildman–Crippen LogP) is 4.24. The lowest BCUT2D eigenvalue weighted by atomic mass is 10.1. The van der Waals surface area contributed by atoms with E-state index in [4.69, 9.17) is 0 Å². The van der Waals surface area contributed by atoms with E-state index in [-0.39, 0.29) is 10.7 Å². The van der Waals surface area contributed by atoms with Gasteiger partial charge in [-0.05, 0) is 23.3 Å². The Balaban J connectivity index is 1.83. The van der Waals surface area contributed by atoms with Crippen molar-refractivity contribution in [3.63, 3.8) is 0 Å². The number of rotatable bonds is 5. The summed E-state index contributed by atoms with van der Waals surface area (Å²) in [5.74, 6) is 0.0310. The average molecular weight is 397 g/mol. The summed E-state index contributed by atoms with van der Waals surface area (Å²) < 4.78 is 0.991. The van der Waals surface area contributed by atoms with Crippen molar-refractivity contribution in [1.82, 2.24) is 5.32 Å². The quantitative estimate of drug-likeness (QED) is 0.752. The van der Waals surface area contributed by atoms with Gasteiger partial charge >= 0.3 is 0 Å². The molecule has 1 amide bonds. The number of halogens is 2. The van der Waals surface area contributed by atoms with E-state index in [9.17, 15) is 4.79 Å². The molecule has 0 fully saturated rings. The van der Waals surface area contributed by atoms with Gasteiger partial charge in [-0.2, -0.15) is 0 Å². The fraction of sp³-hybridized carbons (Fsp3) is 0.188. The molecule has 1 N–H and O–H groups in total. The van der Waals surface area contributed by atoms with Crippen molar-refractivity contribution >= 4 is 37.8 Å². The van der Waals surface area contributed by atoms with Crippen molar-refractivity contribution in [2.24, 2.45) is 0 Å². The van der Waals surface area contributed by atoms with Gasteiger partial charge in [0.2, 0.25) is 5.91 Å². The van der Waals surface area contributed by atoms with Gasteiger partial charge in [0.25, 0.3) is 0 Å². The molecular weight excluding hydrogens is 382 g/mol. The summed E-state index contributed by atoms with van der Waals surface area (Å²) in [6.07, 6.45) is 0.397. The lowest BCUT2D eigenvalue weighted by molar-refractivity contribution is -0.120. The van der Waals surface area contributed by atoms with Crippen molar-refractivity contribution in [1.29, 1.82) is 0 Å². The van der Waals surface area contributed by atoms with E-state index in [0.717, 1.165) is 15.6 Å². The van der Waals surface area contributed by atoms with Gasteiger partial charge in [0.1, 0.15) is 0 Å². The van der Waals surface area contributed by atoms with Gasteiger partial charge in [-0.3, -0.25) is 4.79 Å². The zero-order valence-electron chi connectivity index (χ0n) is 10.9. The average Bonchev–Trinajstić information content (AvgIpc) is 2.46. The van der Waals surface area contributed by atoms with E-state index < -0.39 is 0 Å².